The van der Waals surface area contributed by atoms with E-state index >= 15 is 0 Å². The van der Waals surface area contributed by atoms with Gasteiger partial charge < -0.3 is 4.57 Å². The smallest absolute Gasteiger partial charge is 0.350 e. The highest BCUT2D eigenvalue weighted by Crippen LogP contribution is 2.35. The van der Waals surface area contributed by atoms with Crippen molar-refractivity contribution < 1.29 is 18.0 Å². The first-order valence-electron chi connectivity index (χ1n) is 8.53. The Balaban J connectivity index is 1.95. The number of halogens is 4. The molecule has 0 bridgehead atoms. The predicted octanol–water partition coefficient (Wildman–Crippen LogP) is 5.51. The molecule has 0 unspecified atom stereocenters. The molecule has 148 valence electrons. The molecular formula is C21H15ClF3N3O. The van der Waals surface area contributed by atoms with Gasteiger partial charge in [-0.05, 0) is 30.2 Å². The average molecular weight is 418 g/mol. The summed E-state index contributed by atoms with van der Waals surface area (Å²) in [6.45, 7) is 1.66. The Morgan fingerprint density at radius 1 is 1.28 bits per heavy atom. The van der Waals surface area contributed by atoms with E-state index in [-0.39, 0.29) is 17.8 Å². The second-order valence-electron chi connectivity index (χ2n) is 6.54. The first-order chi connectivity index (χ1) is 13.6. The number of aliphatic imine (C=N–C) groups is 1. The molecular weight excluding hydrogens is 403 g/mol. The van der Waals surface area contributed by atoms with Gasteiger partial charge in [0.15, 0.2) is 5.71 Å². The molecule has 2 aromatic carbocycles. The van der Waals surface area contributed by atoms with Gasteiger partial charge >= 0.3 is 6.18 Å². The second kappa shape index (κ2) is 7.72. The molecule has 29 heavy (non-hydrogen) atoms. The number of benzene rings is 2. The summed E-state index contributed by atoms with van der Waals surface area (Å²) in [6.07, 6.45) is -2.98. The topological polar surface area (TPSA) is 58.1 Å². The maximum Gasteiger partial charge on any atom is 0.417 e. The van der Waals surface area contributed by atoms with E-state index in [0.717, 1.165) is 23.2 Å². The van der Waals surface area contributed by atoms with E-state index in [4.69, 9.17) is 11.6 Å². The van der Waals surface area contributed by atoms with Gasteiger partial charge in [-0.2, -0.15) is 18.4 Å². The SMILES string of the molecule is Cc1cccc2c(C(=O)C(C#N)=NCc3ccc(Cl)c(C(F)(F)F)c3)cn(C)c12. The minimum Gasteiger partial charge on any atom is -0.350 e. The molecule has 0 saturated carbocycles. The molecule has 0 aliphatic rings. The maximum atomic E-state index is 13.0. The zero-order chi connectivity index (χ0) is 21.3. The summed E-state index contributed by atoms with van der Waals surface area (Å²) >= 11 is 5.61. The van der Waals surface area contributed by atoms with E-state index in [1.165, 1.54) is 6.07 Å². The third-order valence-corrected chi connectivity index (χ3v) is 4.85. The molecule has 1 aromatic heterocycles. The highest BCUT2D eigenvalue weighted by Gasteiger charge is 2.33. The number of aryl methyl sites for hydroxylation is 2. The van der Waals surface area contributed by atoms with Crippen LogP contribution in [-0.4, -0.2) is 16.1 Å². The van der Waals surface area contributed by atoms with Gasteiger partial charge in [0, 0.05) is 18.6 Å². The van der Waals surface area contributed by atoms with Gasteiger partial charge in [-0.1, -0.05) is 35.9 Å². The van der Waals surface area contributed by atoms with Crippen LogP contribution in [-0.2, 0) is 19.8 Å². The van der Waals surface area contributed by atoms with Crippen LogP contribution in [0.4, 0.5) is 13.2 Å². The number of alkyl halides is 3. The summed E-state index contributed by atoms with van der Waals surface area (Å²) in [5.41, 5.74) is 0.986. The summed E-state index contributed by atoms with van der Waals surface area (Å²) in [5, 5.41) is 9.65. The van der Waals surface area contributed by atoms with E-state index in [9.17, 15) is 23.2 Å². The van der Waals surface area contributed by atoms with E-state index in [1.54, 1.807) is 29.9 Å². The van der Waals surface area contributed by atoms with Crippen molar-refractivity contribution in [2.24, 2.45) is 12.0 Å². The number of Topliss-reactive ketones (excluding diaryl/α,β-unsaturated/α-hetero) is 1. The Hall–Kier alpha value is -3.11. The molecule has 0 aliphatic carbocycles. The summed E-state index contributed by atoms with van der Waals surface area (Å²) in [5.74, 6) is -0.575. The molecule has 0 spiro atoms. The van der Waals surface area contributed by atoms with Crippen molar-refractivity contribution in [2.45, 2.75) is 19.6 Å². The number of para-hydroxylation sites is 1. The minimum atomic E-state index is -4.61. The number of carbonyl (C=O) groups excluding carboxylic acids is 1. The number of hydrogen-bond donors (Lipinski definition) is 0. The normalized spacial score (nSPS) is 12.2. The molecule has 0 N–H and O–H groups in total. The summed E-state index contributed by atoms with van der Waals surface area (Å²) < 4.78 is 40.8. The summed E-state index contributed by atoms with van der Waals surface area (Å²) in [7, 11) is 1.79. The Labute approximate surface area is 169 Å². The number of aromatic nitrogens is 1. The molecule has 3 aromatic rings. The third kappa shape index (κ3) is 4.03. The van der Waals surface area contributed by atoms with Crippen LogP contribution in [0.2, 0.25) is 5.02 Å². The fraction of sp³-hybridized carbons (Fsp3) is 0.190. The van der Waals surface area contributed by atoms with Crippen LogP contribution in [0.5, 0.6) is 0 Å². The van der Waals surface area contributed by atoms with E-state index in [0.29, 0.717) is 10.9 Å². The van der Waals surface area contributed by atoms with Crippen LogP contribution < -0.4 is 0 Å². The van der Waals surface area contributed by atoms with Crippen LogP contribution in [0.25, 0.3) is 10.9 Å². The van der Waals surface area contributed by atoms with Gasteiger partial charge in [-0.25, -0.2) is 0 Å². The molecule has 0 saturated heterocycles. The van der Waals surface area contributed by atoms with Crippen molar-refractivity contribution in [1.29, 1.82) is 5.26 Å². The molecule has 0 atom stereocenters. The van der Waals surface area contributed by atoms with Crippen LogP contribution >= 0.6 is 11.6 Å². The molecule has 0 radical (unpaired) electrons. The third-order valence-electron chi connectivity index (χ3n) is 4.52. The first-order valence-corrected chi connectivity index (χ1v) is 8.90. The van der Waals surface area contributed by atoms with E-state index in [2.05, 4.69) is 4.99 Å². The molecule has 0 amide bonds. The van der Waals surface area contributed by atoms with Gasteiger partial charge in [0.05, 0.1) is 28.2 Å². The number of nitrogens with zero attached hydrogens (tertiary/aromatic N) is 3. The molecule has 4 nitrogen and oxygen atoms in total. The lowest BCUT2D eigenvalue weighted by Crippen LogP contribution is -2.13. The minimum absolute atomic E-state index is 0.191. The second-order valence-corrected chi connectivity index (χ2v) is 6.95. The van der Waals surface area contributed by atoms with Crippen LogP contribution in [0.1, 0.15) is 27.0 Å². The van der Waals surface area contributed by atoms with E-state index in [1.807, 2.05) is 19.1 Å². The lowest BCUT2D eigenvalue weighted by Gasteiger charge is -2.10. The Morgan fingerprint density at radius 3 is 2.66 bits per heavy atom. The Bertz CT molecular complexity index is 1190. The van der Waals surface area contributed by atoms with Crippen molar-refractivity contribution in [3.63, 3.8) is 0 Å². The molecule has 0 aliphatic heterocycles. The molecule has 3 rings (SSSR count). The van der Waals surface area contributed by atoms with Crippen molar-refractivity contribution in [3.05, 3.63) is 69.9 Å². The number of nitriles is 1. The van der Waals surface area contributed by atoms with Crippen molar-refractivity contribution in [1.82, 2.24) is 4.57 Å². The van der Waals surface area contributed by atoms with E-state index < -0.39 is 22.5 Å². The largest absolute Gasteiger partial charge is 0.417 e. The lowest BCUT2D eigenvalue weighted by molar-refractivity contribution is -0.137. The predicted molar refractivity (Wildman–Crippen MR) is 105 cm³/mol. The fourth-order valence-corrected chi connectivity index (χ4v) is 3.42. The van der Waals surface area contributed by atoms with Crippen LogP contribution in [0, 0.1) is 18.3 Å². The zero-order valence-electron chi connectivity index (χ0n) is 15.5. The number of rotatable bonds is 4. The van der Waals surface area contributed by atoms with Crippen LogP contribution in [0.15, 0.2) is 47.6 Å². The number of hydrogen-bond acceptors (Lipinski definition) is 3. The highest BCUT2D eigenvalue weighted by molar-refractivity contribution is 6.52. The van der Waals surface area contributed by atoms with Crippen molar-refractivity contribution >= 4 is 34.0 Å². The monoisotopic (exact) mass is 417 g/mol. The average Bonchev–Trinajstić information content (AvgIpc) is 3.00. The highest BCUT2D eigenvalue weighted by atomic mass is 35.5. The molecule has 1 heterocycles. The summed E-state index contributed by atoms with van der Waals surface area (Å²) in [6, 6.07) is 10.6. The summed E-state index contributed by atoms with van der Waals surface area (Å²) in [4.78, 5) is 16.8. The van der Waals surface area contributed by atoms with Gasteiger partial charge in [-0.3, -0.25) is 9.79 Å². The number of fused-ring (bicyclic) bond motifs is 1. The quantitative estimate of drug-likeness (QED) is 0.415. The van der Waals surface area contributed by atoms with Crippen molar-refractivity contribution in [2.75, 3.05) is 0 Å². The Kier molecular flexibility index (Phi) is 5.49. The van der Waals surface area contributed by atoms with Gasteiger partial charge in [0.2, 0.25) is 5.78 Å². The van der Waals surface area contributed by atoms with Crippen LogP contribution in [0.3, 0.4) is 0 Å². The number of carbonyl (C=O) groups is 1. The number of ketones is 1. The van der Waals surface area contributed by atoms with Gasteiger partial charge in [0.1, 0.15) is 6.07 Å². The molecule has 8 heteroatoms. The molecule has 0 fully saturated rings. The standard InChI is InChI=1S/C21H15ClF3N3O/c1-12-4-3-5-14-15(11-28(2)19(12)14)20(29)18(9-26)27-10-13-6-7-17(22)16(8-13)21(23,24)25/h3-8,11H,10H2,1-2H3. The van der Waals surface area contributed by atoms with Crippen molar-refractivity contribution in [3.8, 4) is 6.07 Å². The lowest BCUT2D eigenvalue weighted by atomic mass is 10.0. The Morgan fingerprint density at radius 2 is 2.00 bits per heavy atom. The van der Waals surface area contributed by atoms with Gasteiger partial charge in [0.25, 0.3) is 0 Å². The maximum absolute atomic E-state index is 13.0. The van der Waals surface area contributed by atoms with Gasteiger partial charge in [-0.15, -0.1) is 0 Å². The fourth-order valence-electron chi connectivity index (χ4n) is 3.20. The zero-order valence-corrected chi connectivity index (χ0v) is 16.3. The first kappa shape index (κ1) is 20.6.